The molecule has 1 heterocycles. The van der Waals surface area contributed by atoms with Crippen molar-refractivity contribution in [2.24, 2.45) is 5.73 Å². The summed E-state index contributed by atoms with van der Waals surface area (Å²) in [5.41, 5.74) is 8.00. The number of nitrogens with two attached hydrogens (primary N) is 1. The Morgan fingerprint density at radius 3 is 2.48 bits per heavy atom. The molecule has 0 unspecified atom stereocenters. The zero-order valence-corrected chi connectivity index (χ0v) is 12.1. The zero-order valence-electron chi connectivity index (χ0n) is 12.1. The van der Waals surface area contributed by atoms with Crippen LogP contribution >= 0.6 is 0 Å². The van der Waals surface area contributed by atoms with Gasteiger partial charge in [-0.1, -0.05) is 12.1 Å². The molecule has 0 saturated heterocycles. The quantitative estimate of drug-likeness (QED) is 0.855. The van der Waals surface area contributed by atoms with E-state index in [9.17, 15) is 4.79 Å². The van der Waals surface area contributed by atoms with Gasteiger partial charge in [0.15, 0.2) is 0 Å². The van der Waals surface area contributed by atoms with E-state index in [0.717, 1.165) is 17.0 Å². The summed E-state index contributed by atoms with van der Waals surface area (Å²) in [7, 11) is 1.34. The molecule has 2 N–H and O–H groups in total. The number of nitrogens with zero attached hydrogens (tertiary/aromatic N) is 1. The number of methoxy groups -OCH3 is 1. The van der Waals surface area contributed by atoms with E-state index in [-0.39, 0.29) is 6.04 Å². The van der Waals surface area contributed by atoms with Crippen LogP contribution in [0.1, 0.15) is 34.6 Å². The third-order valence-corrected chi connectivity index (χ3v) is 3.04. The van der Waals surface area contributed by atoms with Gasteiger partial charge in [0, 0.05) is 12.2 Å². The summed E-state index contributed by atoms with van der Waals surface area (Å²) in [5, 5.41) is 0. The van der Waals surface area contributed by atoms with Gasteiger partial charge in [-0.15, -0.1) is 0 Å². The lowest BCUT2D eigenvalue weighted by atomic mass is 10.1. The number of rotatable bonds is 5. The lowest BCUT2D eigenvalue weighted by molar-refractivity contribution is 0.0600. The molecule has 5 heteroatoms. The molecule has 2 aromatic rings. The van der Waals surface area contributed by atoms with Gasteiger partial charge in [0.1, 0.15) is 12.4 Å². The molecular formula is C16H18N2O3. The molecule has 0 aliphatic carbocycles. The third-order valence-electron chi connectivity index (χ3n) is 3.04. The number of hydrogen-bond acceptors (Lipinski definition) is 5. The molecule has 0 fully saturated rings. The highest BCUT2D eigenvalue weighted by Gasteiger charge is 2.06. The van der Waals surface area contributed by atoms with Crippen LogP contribution in [-0.2, 0) is 11.3 Å². The van der Waals surface area contributed by atoms with E-state index < -0.39 is 5.97 Å². The smallest absolute Gasteiger partial charge is 0.339 e. The minimum absolute atomic E-state index is 0.00609. The van der Waals surface area contributed by atoms with Crippen molar-refractivity contribution in [2.75, 3.05) is 7.11 Å². The van der Waals surface area contributed by atoms with Crippen molar-refractivity contribution in [1.82, 2.24) is 4.98 Å². The van der Waals surface area contributed by atoms with Gasteiger partial charge < -0.3 is 15.2 Å². The second-order valence-corrected chi connectivity index (χ2v) is 4.68. The number of aromatic nitrogens is 1. The summed E-state index contributed by atoms with van der Waals surface area (Å²) in [6.45, 7) is 2.27. The molecule has 0 aliphatic rings. The van der Waals surface area contributed by atoms with Gasteiger partial charge in [0.25, 0.3) is 0 Å². The standard InChI is InChI=1S/C16H18N2O3/c1-11(17)12-4-7-15(8-5-12)21-10-14-6-3-13(9-18-14)16(19)20-2/h3-9,11H,10,17H2,1-2H3/t11-/m1/s1. The predicted molar refractivity (Wildman–Crippen MR) is 79.0 cm³/mol. The van der Waals surface area contributed by atoms with E-state index in [1.807, 2.05) is 31.2 Å². The van der Waals surface area contributed by atoms with Gasteiger partial charge in [0.05, 0.1) is 18.4 Å². The van der Waals surface area contributed by atoms with Crippen LogP contribution in [0.25, 0.3) is 0 Å². The summed E-state index contributed by atoms with van der Waals surface area (Å²) in [6, 6.07) is 11.0. The van der Waals surface area contributed by atoms with Crippen LogP contribution in [0.4, 0.5) is 0 Å². The molecule has 0 amide bonds. The van der Waals surface area contributed by atoms with Crippen LogP contribution in [0, 0.1) is 0 Å². The fourth-order valence-electron chi connectivity index (χ4n) is 1.77. The van der Waals surface area contributed by atoms with Gasteiger partial charge in [-0.3, -0.25) is 4.98 Å². The maximum absolute atomic E-state index is 11.3. The molecular weight excluding hydrogens is 268 g/mol. The van der Waals surface area contributed by atoms with E-state index in [1.54, 1.807) is 12.1 Å². The molecule has 2 rings (SSSR count). The molecule has 0 spiro atoms. The van der Waals surface area contributed by atoms with E-state index in [1.165, 1.54) is 13.3 Å². The van der Waals surface area contributed by atoms with Crippen molar-refractivity contribution >= 4 is 5.97 Å². The van der Waals surface area contributed by atoms with Crippen molar-refractivity contribution in [3.63, 3.8) is 0 Å². The topological polar surface area (TPSA) is 74.4 Å². The molecule has 0 bridgehead atoms. The fraction of sp³-hybridized carbons (Fsp3) is 0.250. The van der Waals surface area contributed by atoms with E-state index in [2.05, 4.69) is 9.72 Å². The Morgan fingerprint density at radius 1 is 1.24 bits per heavy atom. The second kappa shape index (κ2) is 6.85. The van der Waals surface area contributed by atoms with Crippen LogP contribution < -0.4 is 10.5 Å². The Kier molecular flexibility index (Phi) is 4.90. The number of carbonyl (C=O) groups is 1. The molecule has 0 aliphatic heterocycles. The van der Waals surface area contributed by atoms with Crippen molar-refractivity contribution < 1.29 is 14.3 Å². The van der Waals surface area contributed by atoms with E-state index >= 15 is 0 Å². The molecule has 5 nitrogen and oxygen atoms in total. The number of pyridine rings is 1. The second-order valence-electron chi connectivity index (χ2n) is 4.68. The number of carbonyl (C=O) groups excluding carboxylic acids is 1. The summed E-state index contributed by atoms with van der Waals surface area (Å²) in [4.78, 5) is 15.5. The summed E-state index contributed by atoms with van der Waals surface area (Å²) < 4.78 is 10.2. The van der Waals surface area contributed by atoms with Gasteiger partial charge in [-0.25, -0.2) is 4.79 Å². The minimum Gasteiger partial charge on any atom is -0.487 e. The number of esters is 1. The Hall–Kier alpha value is -2.40. The summed E-state index contributed by atoms with van der Waals surface area (Å²) in [5.74, 6) is 0.347. The van der Waals surface area contributed by atoms with Crippen molar-refractivity contribution in [1.29, 1.82) is 0 Å². The molecule has 1 atom stereocenters. The Labute approximate surface area is 123 Å². The SMILES string of the molecule is COC(=O)c1ccc(COc2ccc([C@@H](C)N)cc2)nc1. The maximum Gasteiger partial charge on any atom is 0.339 e. The van der Waals surface area contributed by atoms with Crippen molar-refractivity contribution in [3.05, 3.63) is 59.4 Å². The average Bonchev–Trinajstić information content (AvgIpc) is 2.53. The molecule has 0 saturated carbocycles. The number of hydrogen-bond donors (Lipinski definition) is 1. The highest BCUT2D eigenvalue weighted by Crippen LogP contribution is 2.17. The minimum atomic E-state index is -0.401. The summed E-state index contributed by atoms with van der Waals surface area (Å²) in [6.07, 6.45) is 1.48. The Morgan fingerprint density at radius 2 is 1.95 bits per heavy atom. The van der Waals surface area contributed by atoms with E-state index in [4.69, 9.17) is 10.5 Å². The van der Waals surface area contributed by atoms with Crippen LogP contribution in [0.5, 0.6) is 5.75 Å². The first-order valence-electron chi connectivity index (χ1n) is 6.61. The van der Waals surface area contributed by atoms with Gasteiger partial charge in [-0.2, -0.15) is 0 Å². The summed E-state index contributed by atoms with van der Waals surface area (Å²) >= 11 is 0. The number of benzene rings is 1. The largest absolute Gasteiger partial charge is 0.487 e. The zero-order chi connectivity index (χ0) is 15.2. The van der Waals surface area contributed by atoms with Crippen LogP contribution in [0.2, 0.25) is 0 Å². The average molecular weight is 286 g/mol. The molecule has 110 valence electrons. The van der Waals surface area contributed by atoms with Gasteiger partial charge >= 0.3 is 5.97 Å². The first-order valence-corrected chi connectivity index (χ1v) is 6.61. The van der Waals surface area contributed by atoms with Gasteiger partial charge in [-0.05, 0) is 36.8 Å². The lowest BCUT2D eigenvalue weighted by Crippen LogP contribution is -2.05. The highest BCUT2D eigenvalue weighted by atomic mass is 16.5. The monoisotopic (exact) mass is 286 g/mol. The van der Waals surface area contributed by atoms with Crippen LogP contribution in [0.3, 0.4) is 0 Å². The molecule has 0 radical (unpaired) electrons. The van der Waals surface area contributed by atoms with Crippen molar-refractivity contribution in [3.8, 4) is 5.75 Å². The van der Waals surface area contributed by atoms with Gasteiger partial charge in [0.2, 0.25) is 0 Å². The lowest BCUT2D eigenvalue weighted by Gasteiger charge is -2.09. The predicted octanol–water partition coefficient (Wildman–Crippen LogP) is 2.47. The van der Waals surface area contributed by atoms with E-state index in [0.29, 0.717) is 12.2 Å². The molecule has 1 aromatic carbocycles. The normalized spacial score (nSPS) is 11.8. The number of ether oxygens (including phenoxy) is 2. The Bertz CT molecular complexity index is 592. The maximum atomic E-state index is 11.3. The first-order chi connectivity index (χ1) is 10.1. The Balaban J connectivity index is 1.95. The van der Waals surface area contributed by atoms with Crippen LogP contribution in [-0.4, -0.2) is 18.1 Å². The third kappa shape index (κ3) is 4.03. The fourth-order valence-corrected chi connectivity index (χ4v) is 1.77. The van der Waals surface area contributed by atoms with Crippen LogP contribution in [0.15, 0.2) is 42.6 Å². The highest BCUT2D eigenvalue weighted by molar-refractivity contribution is 5.88. The molecule has 1 aromatic heterocycles. The molecule has 21 heavy (non-hydrogen) atoms. The first kappa shape index (κ1) is 15.0. The van der Waals surface area contributed by atoms with Crippen molar-refractivity contribution in [2.45, 2.75) is 19.6 Å².